The Kier molecular flexibility index (Phi) is 2.74. The molecule has 0 unspecified atom stereocenters. The van der Waals surface area contributed by atoms with Crippen LogP contribution in [0.4, 0.5) is 0 Å². The molecule has 1 aromatic heterocycles. The third-order valence-electron chi connectivity index (χ3n) is 2.50. The van der Waals surface area contributed by atoms with Crippen LogP contribution in [0.5, 0.6) is 0 Å². The van der Waals surface area contributed by atoms with Gasteiger partial charge in [-0.3, -0.25) is 4.68 Å². The molecule has 0 aliphatic carbocycles. The Morgan fingerprint density at radius 3 is 2.75 bits per heavy atom. The van der Waals surface area contributed by atoms with Crippen LogP contribution < -0.4 is 0 Å². The topological polar surface area (TPSA) is 41.6 Å². The minimum Gasteiger partial charge on any atom is -0.272 e. The molecular weight excluding hydrogens is 198 g/mol. The van der Waals surface area contributed by atoms with Crippen LogP contribution in [-0.4, -0.2) is 9.78 Å². The summed E-state index contributed by atoms with van der Waals surface area (Å²) in [5.74, 6) is 0. The minimum absolute atomic E-state index is 0.694. The van der Waals surface area contributed by atoms with E-state index in [0.717, 1.165) is 23.2 Å². The molecule has 0 radical (unpaired) electrons. The maximum atomic E-state index is 8.91. The fraction of sp³-hybridized carbons (Fsp3) is 0.231. The predicted octanol–water partition coefficient (Wildman–Crippen LogP) is 2.75. The number of nitrogens with zero attached hydrogens (tertiary/aromatic N) is 3. The smallest absolute Gasteiger partial charge is 0.0991 e. The first-order valence-electron chi connectivity index (χ1n) is 5.27. The average molecular weight is 211 g/mol. The maximum absolute atomic E-state index is 8.91. The van der Waals surface area contributed by atoms with Crippen molar-refractivity contribution in [3.8, 4) is 17.2 Å². The van der Waals surface area contributed by atoms with Crippen LogP contribution >= 0.6 is 0 Å². The first-order valence-corrected chi connectivity index (χ1v) is 5.27. The Morgan fingerprint density at radius 1 is 1.31 bits per heavy atom. The van der Waals surface area contributed by atoms with Gasteiger partial charge in [0.25, 0.3) is 0 Å². The number of hydrogen-bond donors (Lipinski definition) is 0. The minimum atomic E-state index is 0.694. The van der Waals surface area contributed by atoms with Crippen molar-refractivity contribution in [2.24, 2.45) is 0 Å². The molecule has 3 nitrogen and oxygen atoms in total. The van der Waals surface area contributed by atoms with Gasteiger partial charge in [0.15, 0.2) is 0 Å². The van der Waals surface area contributed by atoms with Gasteiger partial charge in [0.05, 0.1) is 17.8 Å². The summed E-state index contributed by atoms with van der Waals surface area (Å²) in [4.78, 5) is 0. The highest BCUT2D eigenvalue weighted by Crippen LogP contribution is 2.21. The molecule has 16 heavy (non-hydrogen) atoms. The number of aromatic nitrogens is 2. The van der Waals surface area contributed by atoms with Gasteiger partial charge in [-0.25, -0.2) is 0 Å². The lowest BCUT2D eigenvalue weighted by Crippen LogP contribution is -1.92. The number of aryl methyl sites for hydroxylation is 2. The van der Waals surface area contributed by atoms with Crippen molar-refractivity contribution in [2.75, 3.05) is 0 Å². The molecule has 0 atom stereocenters. The zero-order chi connectivity index (χ0) is 11.5. The average Bonchev–Trinajstić information content (AvgIpc) is 2.76. The number of rotatable bonds is 2. The van der Waals surface area contributed by atoms with E-state index in [1.807, 2.05) is 43.1 Å². The number of nitriles is 1. The Balaban J connectivity index is 2.47. The second-order valence-electron chi connectivity index (χ2n) is 3.78. The van der Waals surface area contributed by atoms with Crippen LogP contribution in [0.3, 0.4) is 0 Å². The van der Waals surface area contributed by atoms with Crippen molar-refractivity contribution in [1.29, 1.82) is 5.26 Å². The molecule has 0 aliphatic heterocycles. The van der Waals surface area contributed by atoms with Crippen molar-refractivity contribution in [2.45, 2.75) is 20.4 Å². The Labute approximate surface area is 94.9 Å². The highest BCUT2D eigenvalue weighted by atomic mass is 15.3. The van der Waals surface area contributed by atoms with Crippen LogP contribution in [0.1, 0.15) is 18.1 Å². The largest absolute Gasteiger partial charge is 0.272 e. The van der Waals surface area contributed by atoms with Gasteiger partial charge < -0.3 is 0 Å². The second-order valence-corrected chi connectivity index (χ2v) is 3.78. The molecule has 1 aromatic carbocycles. The number of hydrogen-bond acceptors (Lipinski definition) is 2. The summed E-state index contributed by atoms with van der Waals surface area (Å²) >= 11 is 0. The molecule has 2 aromatic rings. The first kappa shape index (κ1) is 10.4. The SMILES string of the molecule is CCn1cc(-c2cc(C)cc(C#N)c2)cn1. The summed E-state index contributed by atoms with van der Waals surface area (Å²) in [6.45, 7) is 4.90. The van der Waals surface area contributed by atoms with Crippen molar-refractivity contribution in [3.63, 3.8) is 0 Å². The molecule has 0 aliphatic rings. The van der Waals surface area contributed by atoms with Crippen LogP contribution in [0, 0.1) is 18.3 Å². The summed E-state index contributed by atoms with van der Waals surface area (Å²) in [7, 11) is 0. The second kappa shape index (κ2) is 4.19. The van der Waals surface area contributed by atoms with Gasteiger partial charge in [0, 0.05) is 18.3 Å². The van der Waals surface area contributed by atoms with Crippen molar-refractivity contribution in [3.05, 3.63) is 41.7 Å². The molecule has 0 saturated carbocycles. The molecule has 0 bridgehead atoms. The Bertz CT molecular complexity index is 547. The zero-order valence-electron chi connectivity index (χ0n) is 9.44. The summed E-state index contributed by atoms with van der Waals surface area (Å²) in [6, 6.07) is 8.01. The maximum Gasteiger partial charge on any atom is 0.0991 e. The standard InChI is InChI=1S/C13H13N3/c1-3-16-9-13(8-15-16)12-5-10(2)4-11(6-12)7-14/h4-6,8-9H,3H2,1-2H3. The van der Waals surface area contributed by atoms with E-state index < -0.39 is 0 Å². The highest BCUT2D eigenvalue weighted by Gasteiger charge is 2.03. The van der Waals surface area contributed by atoms with Crippen molar-refractivity contribution in [1.82, 2.24) is 9.78 Å². The zero-order valence-corrected chi connectivity index (χ0v) is 9.44. The van der Waals surface area contributed by atoms with E-state index in [4.69, 9.17) is 5.26 Å². The summed E-state index contributed by atoms with van der Waals surface area (Å²) in [5, 5.41) is 13.1. The Morgan fingerprint density at radius 2 is 2.12 bits per heavy atom. The summed E-state index contributed by atoms with van der Waals surface area (Å²) < 4.78 is 1.88. The molecule has 0 spiro atoms. The van der Waals surface area contributed by atoms with E-state index >= 15 is 0 Å². The van der Waals surface area contributed by atoms with Crippen molar-refractivity contribution >= 4 is 0 Å². The third-order valence-corrected chi connectivity index (χ3v) is 2.50. The lowest BCUT2D eigenvalue weighted by Gasteiger charge is -2.00. The van der Waals surface area contributed by atoms with E-state index in [9.17, 15) is 0 Å². The molecule has 0 amide bonds. The van der Waals surface area contributed by atoms with Crippen molar-refractivity contribution < 1.29 is 0 Å². The van der Waals surface area contributed by atoms with Gasteiger partial charge in [-0.1, -0.05) is 6.07 Å². The van der Waals surface area contributed by atoms with Crippen LogP contribution in [0.25, 0.3) is 11.1 Å². The van der Waals surface area contributed by atoms with E-state index in [-0.39, 0.29) is 0 Å². The Hall–Kier alpha value is -2.08. The lowest BCUT2D eigenvalue weighted by molar-refractivity contribution is 0.660. The highest BCUT2D eigenvalue weighted by molar-refractivity contribution is 5.64. The van der Waals surface area contributed by atoms with Crippen LogP contribution in [0.2, 0.25) is 0 Å². The van der Waals surface area contributed by atoms with E-state index in [1.165, 1.54) is 0 Å². The predicted molar refractivity (Wildman–Crippen MR) is 62.8 cm³/mol. The van der Waals surface area contributed by atoms with E-state index in [1.54, 1.807) is 0 Å². The fourth-order valence-corrected chi connectivity index (χ4v) is 1.70. The molecule has 1 heterocycles. The van der Waals surface area contributed by atoms with Gasteiger partial charge in [-0.2, -0.15) is 10.4 Å². The van der Waals surface area contributed by atoms with E-state index in [2.05, 4.69) is 17.2 Å². The molecule has 0 fully saturated rings. The molecule has 2 rings (SSSR count). The van der Waals surface area contributed by atoms with Crippen LogP contribution in [0.15, 0.2) is 30.6 Å². The van der Waals surface area contributed by atoms with Gasteiger partial charge in [-0.15, -0.1) is 0 Å². The fourth-order valence-electron chi connectivity index (χ4n) is 1.70. The van der Waals surface area contributed by atoms with Gasteiger partial charge in [-0.05, 0) is 37.1 Å². The molecule has 0 saturated heterocycles. The van der Waals surface area contributed by atoms with Crippen LogP contribution in [-0.2, 0) is 6.54 Å². The molecule has 80 valence electrons. The normalized spacial score (nSPS) is 10.1. The third kappa shape index (κ3) is 1.96. The molecule has 3 heteroatoms. The molecule has 0 N–H and O–H groups in total. The number of benzene rings is 1. The first-order chi connectivity index (χ1) is 7.72. The van der Waals surface area contributed by atoms with E-state index in [0.29, 0.717) is 5.56 Å². The summed E-state index contributed by atoms with van der Waals surface area (Å²) in [6.07, 6.45) is 3.83. The summed E-state index contributed by atoms with van der Waals surface area (Å²) in [5.41, 5.74) is 3.90. The van der Waals surface area contributed by atoms with Gasteiger partial charge in [0.1, 0.15) is 0 Å². The van der Waals surface area contributed by atoms with Gasteiger partial charge >= 0.3 is 0 Å². The lowest BCUT2D eigenvalue weighted by atomic mass is 10.0. The molecular formula is C13H13N3. The quantitative estimate of drug-likeness (QED) is 0.766. The van der Waals surface area contributed by atoms with Gasteiger partial charge in [0.2, 0.25) is 0 Å². The monoisotopic (exact) mass is 211 g/mol.